The molecule has 0 aliphatic rings. The average molecular weight is 332 g/mol. The first-order chi connectivity index (χ1) is 12.1. The van der Waals surface area contributed by atoms with Gasteiger partial charge in [0.15, 0.2) is 6.10 Å². The van der Waals surface area contributed by atoms with E-state index in [2.05, 4.69) is 6.92 Å². The zero-order valence-corrected chi connectivity index (χ0v) is 14.4. The summed E-state index contributed by atoms with van der Waals surface area (Å²) in [7, 11) is 0. The number of ketones is 1. The number of ether oxygens (including phenoxy) is 1. The van der Waals surface area contributed by atoms with Crippen LogP contribution in [0.15, 0.2) is 66.7 Å². The molecule has 25 heavy (non-hydrogen) atoms. The van der Waals surface area contributed by atoms with Crippen LogP contribution in [0.3, 0.4) is 0 Å². The van der Waals surface area contributed by atoms with Crippen molar-refractivity contribution < 1.29 is 14.3 Å². The smallest absolute Gasteiger partial charge is 0.339 e. The van der Waals surface area contributed by atoms with Crippen LogP contribution in [0.2, 0.25) is 0 Å². The van der Waals surface area contributed by atoms with Crippen molar-refractivity contribution in [1.29, 1.82) is 0 Å². The first-order valence-electron chi connectivity index (χ1n) is 8.42. The van der Waals surface area contributed by atoms with Crippen molar-refractivity contribution in [3.8, 4) is 0 Å². The van der Waals surface area contributed by atoms with Crippen LogP contribution in [0.5, 0.6) is 0 Å². The number of aryl methyl sites for hydroxylation is 1. The number of benzene rings is 3. The Morgan fingerprint density at radius 1 is 0.920 bits per heavy atom. The number of fused-ring (bicyclic) bond motifs is 1. The Morgan fingerprint density at radius 2 is 1.60 bits per heavy atom. The van der Waals surface area contributed by atoms with Crippen molar-refractivity contribution in [2.24, 2.45) is 0 Å². The van der Waals surface area contributed by atoms with Gasteiger partial charge in [-0.1, -0.05) is 67.6 Å². The minimum absolute atomic E-state index is 0.198. The van der Waals surface area contributed by atoms with Crippen LogP contribution >= 0.6 is 0 Å². The van der Waals surface area contributed by atoms with E-state index >= 15 is 0 Å². The number of rotatable bonds is 5. The molecule has 0 aromatic heterocycles. The molecule has 3 rings (SSSR count). The van der Waals surface area contributed by atoms with E-state index < -0.39 is 12.1 Å². The standard InChI is InChI=1S/C22H20O3/c1-3-16-11-13-18(14-12-16)21(23)15(2)25-22(24)20-10-6-8-17-7-4-5-9-19(17)20/h4-15H,3H2,1-2H3. The molecule has 0 aliphatic heterocycles. The van der Waals surface area contributed by atoms with Crippen LogP contribution < -0.4 is 0 Å². The molecule has 0 aliphatic carbocycles. The third kappa shape index (κ3) is 3.61. The number of hydrogen-bond acceptors (Lipinski definition) is 3. The highest BCUT2D eigenvalue weighted by Gasteiger charge is 2.21. The summed E-state index contributed by atoms with van der Waals surface area (Å²) in [5, 5.41) is 1.79. The lowest BCUT2D eigenvalue weighted by Crippen LogP contribution is -2.24. The predicted octanol–water partition coefficient (Wildman–Crippen LogP) is 4.83. The second-order valence-corrected chi connectivity index (χ2v) is 5.99. The molecule has 0 bridgehead atoms. The van der Waals surface area contributed by atoms with Crippen LogP contribution in [-0.2, 0) is 11.2 Å². The van der Waals surface area contributed by atoms with Crippen molar-refractivity contribution in [3.05, 3.63) is 83.4 Å². The lowest BCUT2D eigenvalue weighted by atomic mass is 10.0. The highest BCUT2D eigenvalue weighted by Crippen LogP contribution is 2.20. The maximum Gasteiger partial charge on any atom is 0.339 e. The molecule has 0 N–H and O–H groups in total. The van der Waals surface area contributed by atoms with Crippen LogP contribution in [0, 0.1) is 0 Å². The summed E-state index contributed by atoms with van der Waals surface area (Å²) in [6.45, 7) is 3.67. The number of carbonyl (C=O) groups excluding carboxylic acids is 2. The topological polar surface area (TPSA) is 43.4 Å². The number of esters is 1. The highest BCUT2D eigenvalue weighted by atomic mass is 16.5. The summed E-state index contributed by atoms with van der Waals surface area (Å²) < 4.78 is 5.43. The van der Waals surface area contributed by atoms with Crippen molar-refractivity contribution >= 4 is 22.5 Å². The molecule has 3 nitrogen and oxygen atoms in total. The van der Waals surface area contributed by atoms with Gasteiger partial charge in [0.05, 0.1) is 5.56 Å². The van der Waals surface area contributed by atoms with Gasteiger partial charge in [-0.05, 0) is 35.7 Å². The van der Waals surface area contributed by atoms with E-state index in [4.69, 9.17) is 4.74 Å². The second kappa shape index (κ2) is 7.31. The van der Waals surface area contributed by atoms with Crippen LogP contribution in [-0.4, -0.2) is 17.9 Å². The van der Waals surface area contributed by atoms with Gasteiger partial charge in [0.2, 0.25) is 5.78 Å². The van der Waals surface area contributed by atoms with E-state index in [0.717, 1.165) is 22.8 Å². The van der Waals surface area contributed by atoms with Crippen molar-refractivity contribution in [3.63, 3.8) is 0 Å². The minimum Gasteiger partial charge on any atom is -0.451 e. The van der Waals surface area contributed by atoms with Crippen molar-refractivity contribution in [2.75, 3.05) is 0 Å². The molecule has 1 atom stereocenters. The monoisotopic (exact) mass is 332 g/mol. The Kier molecular flexibility index (Phi) is 4.94. The summed E-state index contributed by atoms with van der Waals surface area (Å²) in [6, 6.07) is 20.5. The summed E-state index contributed by atoms with van der Waals surface area (Å²) >= 11 is 0. The number of carbonyl (C=O) groups is 2. The molecule has 0 amide bonds. The summed E-state index contributed by atoms with van der Waals surface area (Å²) in [5.41, 5.74) is 2.19. The number of hydrogen-bond donors (Lipinski definition) is 0. The zero-order valence-electron chi connectivity index (χ0n) is 14.4. The van der Waals surface area contributed by atoms with Gasteiger partial charge >= 0.3 is 5.97 Å². The molecular formula is C22H20O3. The number of Topliss-reactive ketones (excluding diaryl/α,β-unsaturated/α-hetero) is 1. The third-order valence-corrected chi connectivity index (χ3v) is 4.31. The third-order valence-electron chi connectivity index (χ3n) is 4.31. The fraction of sp³-hybridized carbons (Fsp3) is 0.182. The Bertz CT molecular complexity index is 905. The van der Waals surface area contributed by atoms with Gasteiger partial charge in [0, 0.05) is 5.56 Å². The van der Waals surface area contributed by atoms with Gasteiger partial charge in [0.25, 0.3) is 0 Å². The van der Waals surface area contributed by atoms with Gasteiger partial charge in [-0.3, -0.25) is 4.79 Å². The Balaban J connectivity index is 1.78. The molecule has 0 radical (unpaired) electrons. The lowest BCUT2D eigenvalue weighted by Gasteiger charge is -2.13. The fourth-order valence-electron chi connectivity index (χ4n) is 2.82. The molecule has 0 saturated heterocycles. The molecule has 3 heteroatoms. The molecule has 3 aromatic rings. The minimum atomic E-state index is -0.834. The van der Waals surface area contributed by atoms with E-state index in [-0.39, 0.29) is 5.78 Å². The largest absolute Gasteiger partial charge is 0.451 e. The Hall–Kier alpha value is -2.94. The average Bonchev–Trinajstić information content (AvgIpc) is 2.66. The van der Waals surface area contributed by atoms with E-state index in [0.29, 0.717) is 11.1 Å². The molecule has 0 saturated carbocycles. The van der Waals surface area contributed by atoms with E-state index in [1.54, 1.807) is 25.1 Å². The van der Waals surface area contributed by atoms with E-state index in [1.807, 2.05) is 48.5 Å². The maximum atomic E-state index is 12.5. The predicted molar refractivity (Wildman–Crippen MR) is 99.0 cm³/mol. The van der Waals surface area contributed by atoms with Gasteiger partial charge in [-0.25, -0.2) is 4.79 Å². The molecule has 0 heterocycles. The quantitative estimate of drug-likeness (QED) is 0.496. The van der Waals surface area contributed by atoms with Crippen LogP contribution in [0.4, 0.5) is 0 Å². The Morgan fingerprint density at radius 3 is 2.32 bits per heavy atom. The molecule has 126 valence electrons. The lowest BCUT2D eigenvalue weighted by molar-refractivity contribution is 0.0321. The summed E-state index contributed by atoms with van der Waals surface area (Å²) in [6.07, 6.45) is 0.0824. The van der Waals surface area contributed by atoms with Gasteiger partial charge in [-0.15, -0.1) is 0 Å². The van der Waals surface area contributed by atoms with Gasteiger partial charge < -0.3 is 4.74 Å². The van der Waals surface area contributed by atoms with Crippen molar-refractivity contribution in [2.45, 2.75) is 26.4 Å². The molecular weight excluding hydrogens is 312 g/mol. The van der Waals surface area contributed by atoms with Crippen LogP contribution in [0.1, 0.15) is 40.1 Å². The first kappa shape index (κ1) is 16.9. The van der Waals surface area contributed by atoms with E-state index in [1.165, 1.54) is 0 Å². The van der Waals surface area contributed by atoms with E-state index in [9.17, 15) is 9.59 Å². The van der Waals surface area contributed by atoms with Gasteiger partial charge in [0.1, 0.15) is 0 Å². The maximum absolute atomic E-state index is 12.5. The fourth-order valence-corrected chi connectivity index (χ4v) is 2.82. The zero-order chi connectivity index (χ0) is 17.8. The highest BCUT2D eigenvalue weighted by molar-refractivity contribution is 6.06. The molecule has 1 unspecified atom stereocenters. The molecule has 0 fully saturated rings. The second-order valence-electron chi connectivity index (χ2n) is 5.99. The SMILES string of the molecule is CCc1ccc(C(=O)C(C)OC(=O)c2cccc3ccccc23)cc1. The summed E-state index contributed by atoms with van der Waals surface area (Å²) in [4.78, 5) is 25.0. The first-order valence-corrected chi connectivity index (χ1v) is 8.42. The summed E-state index contributed by atoms with van der Waals surface area (Å²) in [5.74, 6) is -0.681. The Labute approximate surface area is 147 Å². The normalized spacial score (nSPS) is 11.9. The van der Waals surface area contributed by atoms with Gasteiger partial charge in [-0.2, -0.15) is 0 Å². The molecule has 0 spiro atoms. The van der Waals surface area contributed by atoms with Crippen molar-refractivity contribution in [1.82, 2.24) is 0 Å². The molecule has 3 aromatic carbocycles. The van der Waals surface area contributed by atoms with Crippen LogP contribution in [0.25, 0.3) is 10.8 Å².